The lowest BCUT2D eigenvalue weighted by molar-refractivity contribution is -0.140. The number of hydrogen-bond acceptors (Lipinski definition) is 6. The number of rotatable bonds is 12. The van der Waals surface area contributed by atoms with Gasteiger partial charge in [-0.1, -0.05) is 38.8 Å². The maximum atomic E-state index is 11.3. The minimum Gasteiger partial charge on any atom is -0.481 e. The molecule has 0 saturated carbocycles. The first-order chi connectivity index (χ1) is 12.9. The molecule has 2 unspecified atom stereocenters. The van der Waals surface area contributed by atoms with Crippen LogP contribution in [0.5, 0.6) is 0 Å². The third-order valence-corrected chi connectivity index (χ3v) is 5.21. The Morgan fingerprint density at radius 1 is 1.44 bits per heavy atom. The molecule has 0 spiro atoms. The Morgan fingerprint density at radius 3 is 2.93 bits per heavy atom. The number of allylic oxidation sites excluding steroid dienone is 1. The molecule has 0 amide bonds. The second-order valence-electron chi connectivity index (χ2n) is 7.46. The topological polar surface area (TPSA) is 86.7 Å². The molecule has 2 atom stereocenters. The molecule has 0 radical (unpaired) electrons. The van der Waals surface area contributed by atoms with Crippen LogP contribution in [0.3, 0.4) is 0 Å². The number of unbranched alkanes of at least 4 members (excludes halogenated alkanes) is 1. The number of pyridine rings is 1. The molecule has 0 bridgehead atoms. The Hall–Kier alpha value is -2.28. The Kier molecular flexibility index (Phi) is 7.91. The number of anilines is 1. The highest BCUT2D eigenvalue weighted by Gasteiger charge is 2.37. The van der Waals surface area contributed by atoms with E-state index in [1.165, 1.54) is 0 Å². The minimum atomic E-state index is -0.762. The molecule has 2 rings (SSSR count). The van der Waals surface area contributed by atoms with Gasteiger partial charge in [0.05, 0.1) is 12.6 Å². The van der Waals surface area contributed by atoms with Gasteiger partial charge in [0, 0.05) is 25.2 Å². The summed E-state index contributed by atoms with van der Waals surface area (Å²) in [6, 6.07) is 5.82. The summed E-state index contributed by atoms with van der Waals surface area (Å²) >= 11 is 0. The SMILES string of the molecule is CCCC(C)(CC(=O)O)C(C)C1=CN(CCCCNc2ccccn2)NO1. The van der Waals surface area contributed by atoms with Gasteiger partial charge in [0.25, 0.3) is 0 Å². The smallest absolute Gasteiger partial charge is 0.303 e. The highest BCUT2D eigenvalue weighted by molar-refractivity contribution is 5.67. The maximum Gasteiger partial charge on any atom is 0.303 e. The van der Waals surface area contributed by atoms with E-state index in [4.69, 9.17) is 4.84 Å². The standard InChI is InChI=1S/C20H32N4O3/c1-4-10-20(3,14-19(25)26)16(2)17-15-24(23-27-17)13-8-7-12-22-18-9-5-6-11-21-18/h5-6,9,11,15-16,23H,4,7-8,10,12-14H2,1-3H3,(H,21,22)(H,25,26). The van der Waals surface area contributed by atoms with Crippen LogP contribution in [0.2, 0.25) is 0 Å². The number of nitrogens with zero attached hydrogens (tertiary/aromatic N) is 2. The second-order valence-corrected chi connectivity index (χ2v) is 7.46. The van der Waals surface area contributed by atoms with E-state index in [0.717, 1.165) is 50.3 Å². The highest BCUT2D eigenvalue weighted by Crippen LogP contribution is 2.41. The van der Waals surface area contributed by atoms with Gasteiger partial charge in [-0.25, -0.2) is 4.98 Å². The lowest BCUT2D eigenvalue weighted by atomic mass is 9.71. The number of aliphatic carboxylic acids is 1. The van der Waals surface area contributed by atoms with Gasteiger partial charge in [-0.15, -0.1) is 0 Å². The quantitative estimate of drug-likeness (QED) is 0.479. The van der Waals surface area contributed by atoms with Crippen LogP contribution in [-0.4, -0.2) is 34.2 Å². The van der Waals surface area contributed by atoms with E-state index in [1.54, 1.807) is 6.20 Å². The fourth-order valence-corrected chi connectivity index (χ4v) is 3.44. The average Bonchev–Trinajstić information content (AvgIpc) is 3.10. The van der Waals surface area contributed by atoms with Crippen LogP contribution in [0.4, 0.5) is 5.82 Å². The molecule has 7 heteroatoms. The molecule has 3 N–H and O–H groups in total. The maximum absolute atomic E-state index is 11.3. The van der Waals surface area contributed by atoms with Crippen LogP contribution in [0, 0.1) is 11.3 Å². The zero-order valence-corrected chi connectivity index (χ0v) is 16.6. The zero-order valence-electron chi connectivity index (χ0n) is 16.6. The Bertz CT molecular complexity index is 623. The van der Waals surface area contributed by atoms with Crippen molar-refractivity contribution in [1.82, 2.24) is 15.6 Å². The largest absolute Gasteiger partial charge is 0.481 e. The van der Waals surface area contributed by atoms with Crippen LogP contribution in [-0.2, 0) is 9.63 Å². The lowest BCUT2D eigenvalue weighted by Gasteiger charge is -2.33. The first kappa shape index (κ1) is 21.0. The highest BCUT2D eigenvalue weighted by atomic mass is 16.7. The summed E-state index contributed by atoms with van der Waals surface area (Å²) in [6.45, 7) is 7.85. The number of aromatic nitrogens is 1. The molecule has 1 aromatic heterocycles. The molecule has 1 aromatic rings. The number of carbonyl (C=O) groups is 1. The van der Waals surface area contributed by atoms with Crippen LogP contribution < -0.4 is 10.9 Å². The van der Waals surface area contributed by atoms with Crippen molar-refractivity contribution in [2.45, 2.75) is 52.9 Å². The van der Waals surface area contributed by atoms with Crippen LogP contribution in [0.25, 0.3) is 0 Å². The van der Waals surface area contributed by atoms with Crippen molar-refractivity contribution in [1.29, 1.82) is 0 Å². The van der Waals surface area contributed by atoms with E-state index >= 15 is 0 Å². The van der Waals surface area contributed by atoms with Crippen molar-refractivity contribution in [3.8, 4) is 0 Å². The Labute approximate surface area is 161 Å². The van der Waals surface area contributed by atoms with E-state index in [9.17, 15) is 9.90 Å². The summed E-state index contributed by atoms with van der Waals surface area (Å²) in [5, 5.41) is 14.5. The molecule has 27 heavy (non-hydrogen) atoms. The predicted molar refractivity (Wildman–Crippen MR) is 105 cm³/mol. The Morgan fingerprint density at radius 2 is 2.26 bits per heavy atom. The molecular formula is C20H32N4O3. The van der Waals surface area contributed by atoms with Gasteiger partial charge in [0.15, 0.2) is 0 Å². The minimum absolute atomic E-state index is 0.0249. The third-order valence-electron chi connectivity index (χ3n) is 5.21. The van der Waals surface area contributed by atoms with Crippen molar-refractivity contribution >= 4 is 11.8 Å². The number of nitrogens with one attached hydrogen (secondary N) is 2. The fourth-order valence-electron chi connectivity index (χ4n) is 3.44. The van der Waals surface area contributed by atoms with Gasteiger partial charge in [0.1, 0.15) is 11.6 Å². The molecule has 0 saturated heterocycles. The molecule has 7 nitrogen and oxygen atoms in total. The van der Waals surface area contributed by atoms with Gasteiger partial charge in [0.2, 0.25) is 0 Å². The number of carboxylic acid groups (broad SMARTS) is 1. The van der Waals surface area contributed by atoms with Crippen molar-refractivity contribution in [2.24, 2.45) is 11.3 Å². The summed E-state index contributed by atoms with van der Waals surface area (Å²) in [6.07, 6.45) is 7.68. The molecule has 0 aliphatic carbocycles. The van der Waals surface area contributed by atoms with Crippen LogP contribution in [0.1, 0.15) is 52.9 Å². The van der Waals surface area contributed by atoms with E-state index in [2.05, 4.69) is 22.8 Å². The molecule has 150 valence electrons. The van der Waals surface area contributed by atoms with Gasteiger partial charge in [-0.05, 0) is 36.8 Å². The van der Waals surface area contributed by atoms with E-state index in [-0.39, 0.29) is 17.8 Å². The monoisotopic (exact) mass is 376 g/mol. The van der Waals surface area contributed by atoms with Gasteiger partial charge in [-0.2, -0.15) is 0 Å². The first-order valence-electron chi connectivity index (χ1n) is 9.72. The average molecular weight is 377 g/mol. The lowest BCUT2D eigenvalue weighted by Crippen LogP contribution is -2.31. The van der Waals surface area contributed by atoms with Crippen molar-refractivity contribution < 1.29 is 14.7 Å². The second kappa shape index (κ2) is 10.2. The van der Waals surface area contributed by atoms with Crippen molar-refractivity contribution in [3.05, 3.63) is 36.4 Å². The summed E-state index contributed by atoms with van der Waals surface area (Å²) in [7, 11) is 0. The molecule has 1 aliphatic heterocycles. The summed E-state index contributed by atoms with van der Waals surface area (Å²) in [5.74, 6) is 0.960. The number of hydrogen-bond donors (Lipinski definition) is 3. The Balaban J connectivity index is 1.78. The number of hydrazine groups is 1. The van der Waals surface area contributed by atoms with E-state index in [1.807, 2.05) is 43.3 Å². The first-order valence-corrected chi connectivity index (χ1v) is 9.72. The fraction of sp³-hybridized carbons (Fsp3) is 0.600. The van der Waals surface area contributed by atoms with Gasteiger partial charge >= 0.3 is 5.97 Å². The predicted octanol–water partition coefficient (Wildman–Crippen LogP) is 3.78. The van der Waals surface area contributed by atoms with Crippen molar-refractivity contribution in [3.63, 3.8) is 0 Å². The summed E-state index contributed by atoms with van der Waals surface area (Å²) in [5.41, 5.74) is 2.60. The van der Waals surface area contributed by atoms with E-state index in [0.29, 0.717) is 0 Å². The molecule has 1 aliphatic rings. The molecule has 0 aromatic carbocycles. The van der Waals surface area contributed by atoms with Crippen molar-refractivity contribution in [2.75, 3.05) is 18.4 Å². The van der Waals surface area contributed by atoms with Gasteiger partial charge in [-0.3, -0.25) is 9.80 Å². The molecule has 0 fully saturated rings. The third kappa shape index (κ3) is 6.43. The van der Waals surface area contributed by atoms with Crippen LogP contribution >= 0.6 is 0 Å². The number of carboxylic acids is 1. The normalized spacial score (nSPS) is 17.0. The van der Waals surface area contributed by atoms with Gasteiger partial charge < -0.3 is 15.3 Å². The molecular weight excluding hydrogens is 344 g/mol. The molecule has 2 heterocycles. The summed E-state index contributed by atoms with van der Waals surface area (Å²) < 4.78 is 0. The summed E-state index contributed by atoms with van der Waals surface area (Å²) in [4.78, 5) is 21.2. The van der Waals surface area contributed by atoms with Crippen LogP contribution in [0.15, 0.2) is 36.4 Å². The van der Waals surface area contributed by atoms with E-state index < -0.39 is 5.97 Å². The zero-order chi connectivity index (χ0) is 19.7.